The maximum Gasteiger partial charge on any atom is 0.0540 e. The zero-order valence-electron chi connectivity index (χ0n) is 38.9. The molecule has 8 aromatic carbocycles. The molecule has 0 fully saturated rings. The second-order valence-corrected chi connectivity index (χ2v) is 18.4. The van der Waals surface area contributed by atoms with Gasteiger partial charge in [0.25, 0.3) is 0 Å². The smallest absolute Gasteiger partial charge is 0.0540 e. The Labute approximate surface area is 405 Å². The largest absolute Gasteiger partial charge is 0.311 e. The summed E-state index contributed by atoms with van der Waals surface area (Å²) in [7, 11) is 0. The van der Waals surface area contributed by atoms with Crippen LogP contribution < -0.4 is 19.6 Å². The summed E-state index contributed by atoms with van der Waals surface area (Å²) < 4.78 is 2.78. The minimum absolute atomic E-state index is 0.811. The van der Waals surface area contributed by atoms with Crippen molar-refractivity contribution in [2.75, 3.05) is 9.80 Å². The third-order valence-corrected chi connectivity index (χ3v) is 14.2. The molecule has 9 aromatic rings. The molecule has 0 amide bonds. The SMILES string of the molecule is C/C=C(\C=C/Cc1ccc(N(C(/C=C\Cc2ccc(N(c3ccc(C4=c5sc6ccccc6c5=CCC4)cc3)c3cccc4ccccc34)cc2)=C/CC)c2ccccc2)cc1)c1ccccc1. The van der Waals surface area contributed by atoms with Gasteiger partial charge in [0.2, 0.25) is 0 Å². The van der Waals surface area contributed by atoms with Crippen LogP contribution >= 0.6 is 11.3 Å². The molecule has 1 heterocycles. The third kappa shape index (κ3) is 9.58. The first-order valence-electron chi connectivity index (χ1n) is 24.0. The molecule has 0 saturated heterocycles. The van der Waals surface area contributed by atoms with Crippen molar-refractivity contribution in [3.63, 3.8) is 0 Å². The van der Waals surface area contributed by atoms with E-state index >= 15 is 0 Å². The first kappa shape index (κ1) is 44.1. The molecule has 1 aliphatic carbocycles. The second kappa shape index (κ2) is 20.8. The summed E-state index contributed by atoms with van der Waals surface area (Å²) >= 11 is 1.93. The van der Waals surface area contributed by atoms with Crippen LogP contribution in [0, 0.1) is 0 Å². The monoisotopic (exact) mass is 896 g/mol. The molecule has 1 aromatic heterocycles. The molecule has 0 radical (unpaired) electrons. The van der Waals surface area contributed by atoms with E-state index in [1.807, 2.05) is 11.3 Å². The van der Waals surface area contributed by atoms with E-state index in [1.165, 1.54) is 69.7 Å². The van der Waals surface area contributed by atoms with Crippen molar-refractivity contribution in [3.05, 3.63) is 274 Å². The molecule has 0 bridgehead atoms. The summed E-state index contributed by atoms with van der Waals surface area (Å²) in [5.74, 6) is 0. The molecule has 0 aliphatic heterocycles. The lowest BCUT2D eigenvalue weighted by Gasteiger charge is -2.27. The summed E-state index contributed by atoms with van der Waals surface area (Å²) in [6.45, 7) is 4.31. The van der Waals surface area contributed by atoms with Gasteiger partial charge in [0.05, 0.1) is 5.69 Å². The van der Waals surface area contributed by atoms with Gasteiger partial charge in [0.1, 0.15) is 0 Å². The van der Waals surface area contributed by atoms with Crippen LogP contribution in [-0.2, 0) is 12.8 Å². The van der Waals surface area contributed by atoms with E-state index in [4.69, 9.17) is 0 Å². The number of benzene rings is 8. The van der Waals surface area contributed by atoms with Gasteiger partial charge in [-0.15, -0.1) is 11.3 Å². The number of hydrogen-bond acceptors (Lipinski definition) is 3. The highest BCUT2D eigenvalue weighted by Crippen LogP contribution is 2.40. The first-order valence-corrected chi connectivity index (χ1v) is 24.8. The zero-order valence-corrected chi connectivity index (χ0v) is 39.7. The standard InChI is InChI=1S/C65H56N2S/c1-3-19-54(66(55-27-9-6-10-28-55)56-42-36-48(37-43-56)20-15-25-50(4-2)51-22-7-5-8-23-51)29-16-21-49-38-44-57(45-39-49)67(63-34-17-26-52-24-11-12-30-59(52)63)58-46-40-53(41-47-58)60-32-18-33-62-61-31-13-14-35-64(61)68-65(60)62/h4-17,19,22-31,33-47H,3,18,20-21,32H2,1-2H3/b25-15-,29-16-,50-4+,54-19+. The lowest BCUT2D eigenvalue weighted by molar-refractivity contribution is 1.09. The molecule has 0 N–H and O–H groups in total. The normalized spacial score (nSPS) is 13.1. The van der Waals surface area contributed by atoms with Crippen LogP contribution in [0.1, 0.15) is 55.4 Å². The summed E-state index contributed by atoms with van der Waals surface area (Å²) in [6.07, 6.45) is 20.7. The predicted octanol–water partition coefficient (Wildman–Crippen LogP) is 16.7. The number of hydrogen-bond donors (Lipinski definition) is 0. The van der Waals surface area contributed by atoms with Crippen LogP contribution in [-0.4, -0.2) is 0 Å². The average Bonchev–Trinajstić information content (AvgIpc) is 3.79. The molecule has 0 saturated carbocycles. The number of anilines is 5. The number of rotatable bonds is 15. The van der Waals surface area contributed by atoms with E-state index in [1.54, 1.807) is 0 Å². The molecule has 68 heavy (non-hydrogen) atoms. The molecular weight excluding hydrogens is 841 g/mol. The third-order valence-electron chi connectivity index (χ3n) is 12.9. The van der Waals surface area contributed by atoms with Gasteiger partial charge in [-0.05, 0) is 155 Å². The van der Waals surface area contributed by atoms with Crippen molar-refractivity contribution >= 4 is 77.9 Å². The molecule has 10 rings (SSSR count). The lowest BCUT2D eigenvalue weighted by Crippen LogP contribution is -2.25. The van der Waals surface area contributed by atoms with Gasteiger partial charge >= 0.3 is 0 Å². The number of fused-ring (bicyclic) bond motifs is 4. The van der Waals surface area contributed by atoms with Crippen molar-refractivity contribution < 1.29 is 0 Å². The molecule has 2 nitrogen and oxygen atoms in total. The van der Waals surface area contributed by atoms with Gasteiger partial charge in [-0.1, -0.05) is 183 Å². The lowest BCUT2D eigenvalue weighted by atomic mass is 9.96. The molecule has 1 aliphatic rings. The van der Waals surface area contributed by atoms with Gasteiger partial charge in [0, 0.05) is 43.1 Å². The van der Waals surface area contributed by atoms with Gasteiger partial charge in [-0.3, -0.25) is 0 Å². The van der Waals surface area contributed by atoms with Crippen LogP contribution in [0.5, 0.6) is 0 Å². The first-order chi connectivity index (χ1) is 33.6. The number of thiophene rings is 1. The quantitative estimate of drug-likeness (QED) is 0.0946. The fraction of sp³-hybridized carbons (Fsp3) is 0.108. The summed E-state index contributed by atoms with van der Waals surface area (Å²) in [5.41, 5.74) is 14.6. The molecule has 3 heteroatoms. The topological polar surface area (TPSA) is 6.48 Å². The van der Waals surface area contributed by atoms with Gasteiger partial charge < -0.3 is 9.80 Å². The van der Waals surface area contributed by atoms with Crippen molar-refractivity contribution in [2.24, 2.45) is 0 Å². The van der Waals surface area contributed by atoms with E-state index < -0.39 is 0 Å². The summed E-state index contributed by atoms with van der Waals surface area (Å²) in [5, 5.41) is 5.23. The van der Waals surface area contributed by atoms with Gasteiger partial charge in [-0.2, -0.15) is 0 Å². The van der Waals surface area contributed by atoms with Crippen LogP contribution in [0.25, 0.3) is 38.1 Å². The van der Waals surface area contributed by atoms with Crippen LogP contribution in [0.15, 0.2) is 242 Å². The van der Waals surface area contributed by atoms with Crippen LogP contribution in [0.3, 0.4) is 0 Å². The minimum atomic E-state index is 0.811. The predicted molar refractivity (Wildman–Crippen MR) is 295 cm³/mol. The molecule has 0 unspecified atom stereocenters. The Morgan fingerprint density at radius 2 is 1.15 bits per heavy atom. The summed E-state index contributed by atoms with van der Waals surface area (Å²) in [4.78, 5) is 4.79. The van der Waals surface area contributed by atoms with E-state index in [0.29, 0.717) is 0 Å². The fourth-order valence-corrected chi connectivity index (χ4v) is 10.8. The van der Waals surface area contributed by atoms with Crippen molar-refractivity contribution in [3.8, 4) is 0 Å². The Morgan fingerprint density at radius 3 is 1.85 bits per heavy atom. The Morgan fingerprint density at radius 1 is 0.559 bits per heavy atom. The van der Waals surface area contributed by atoms with Crippen LogP contribution in [0.2, 0.25) is 0 Å². The number of para-hydroxylation sites is 1. The Bertz CT molecular complexity index is 3400. The highest BCUT2D eigenvalue weighted by molar-refractivity contribution is 7.17. The highest BCUT2D eigenvalue weighted by atomic mass is 32.1. The molecule has 332 valence electrons. The van der Waals surface area contributed by atoms with Crippen LogP contribution in [0.4, 0.5) is 28.4 Å². The summed E-state index contributed by atoms with van der Waals surface area (Å²) in [6, 6.07) is 72.9. The maximum atomic E-state index is 2.43. The van der Waals surface area contributed by atoms with Crippen molar-refractivity contribution in [1.29, 1.82) is 0 Å². The number of nitrogens with zero attached hydrogens (tertiary/aromatic N) is 2. The minimum Gasteiger partial charge on any atom is -0.311 e. The Balaban J connectivity index is 0.906. The Kier molecular flexibility index (Phi) is 13.5. The Hall–Kier alpha value is -7.72. The van der Waals surface area contributed by atoms with Gasteiger partial charge in [-0.25, -0.2) is 0 Å². The van der Waals surface area contributed by atoms with E-state index in [9.17, 15) is 0 Å². The zero-order chi connectivity index (χ0) is 46.1. The fourth-order valence-electron chi connectivity index (χ4n) is 9.54. The van der Waals surface area contributed by atoms with E-state index in [-0.39, 0.29) is 0 Å². The second-order valence-electron chi connectivity index (χ2n) is 17.3. The highest BCUT2D eigenvalue weighted by Gasteiger charge is 2.18. The van der Waals surface area contributed by atoms with E-state index in [2.05, 4.69) is 266 Å². The molecule has 0 atom stereocenters. The maximum absolute atomic E-state index is 2.43. The average molecular weight is 897 g/mol. The number of allylic oxidation sites excluding steroid dienone is 7. The molecular formula is C65H56N2S. The van der Waals surface area contributed by atoms with Gasteiger partial charge in [0.15, 0.2) is 0 Å². The van der Waals surface area contributed by atoms with Crippen molar-refractivity contribution in [2.45, 2.75) is 46.0 Å². The van der Waals surface area contributed by atoms with Crippen molar-refractivity contribution in [1.82, 2.24) is 0 Å². The molecule has 0 spiro atoms. The van der Waals surface area contributed by atoms with E-state index in [0.717, 1.165) is 60.6 Å².